The zero-order valence-electron chi connectivity index (χ0n) is 14.0. The maximum atomic E-state index is 12.4. The molecule has 6 nitrogen and oxygen atoms in total. The summed E-state index contributed by atoms with van der Waals surface area (Å²) in [7, 11) is -1.14. The molecule has 0 amide bonds. The molecule has 1 aromatic heterocycles. The smallest absolute Gasteiger partial charge is 0.214 e. The number of hydrogen-bond acceptors (Lipinski definition) is 5. The summed E-state index contributed by atoms with van der Waals surface area (Å²) < 4.78 is 27.6. The molecule has 7 heteroatoms. The largest absolute Gasteiger partial charge is 0.298 e. The lowest BCUT2D eigenvalue weighted by Gasteiger charge is -2.22. The van der Waals surface area contributed by atoms with E-state index in [1.807, 2.05) is 6.92 Å². The molecule has 2 heterocycles. The Labute approximate surface area is 138 Å². The number of nitrogens with one attached hydrogen (secondary N) is 1. The van der Waals surface area contributed by atoms with Crippen LogP contribution in [0.1, 0.15) is 61.6 Å². The van der Waals surface area contributed by atoms with Crippen molar-refractivity contribution in [3.63, 3.8) is 0 Å². The van der Waals surface area contributed by atoms with Crippen molar-refractivity contribution < 1.29 is 8.42 Å². The molecule has 1 atom stereocenters. The third-order valence-corrected chi connectivity index (χ3v) is 6.96. The molecule has 2 aliphatic rings. The average Bonchev–Trinajstić information content (AvgIpc) is 3.17. The molecule has 1 aliphatic heterocycles. The van der Waals surface area contributed by atoms with Gasteiger partial charge in [0.2, 0.25) is 10.0 Å². The van der Waals surface area contributed by atoms with Gasteiger partial charge < -0.3 is 0 Å². The van der Waals surface area contributed by atoms with Crippen molar-refractivity contribution in [2.24, 2.45) is 0 Å². The number of rotatable bonds is 5. The lowest BCUT2D eigenvalue weighted by molar-refractivity contribution is 0.309. The molecule has 1 saturated heterocycles. The van der Waals surface area contributed by atoms with Gasteiger partial charge in [-0.3, -0.25) is 4.90 Å². The topological polar surface area (TPSA) is 75.2 Å². The molecule has 1 aromatic rings. The average molecular weight is 338 g/mol. The third-order valence-electron chi connectivity index (χ3n) is 5.06. The second-order valence-corrected chi connectivity index (χ2v) is 8.78. The van der Waals surface area contributed by atoms with Gasteiger partial charge in [0.1, 0.15) is 5.82 Å². The predicted octanol–water partition coefficient (Wildman–Crippen LogP) is 1.91. The highest BCUT2D eigenvalue weighted by Gasteiger charge is 2.30. The van der Waals surface area contributed by atoms with E-state index in [1.54, 1.807) is 6.20 Å². The molecular formula is C16H26N4O2S. The zero-order valence-corrected chi connectivity index (χ0v) is 14.8. The van der Waals surface area contributed by atoms with Crippen molar-refractivity contribution in [3.05, 3.63) is 23.3 Å². The minimum Gasteiger partial charge on any atom is -0.298 e. The van der Waals surface area contributed by atoms with Crippen LogP contribution in [0.25, 0.3) is 0 Å². The number of aryl methyl sites for hydroxylation is 1. The summed E-state index contributed by atoms with van der Waals surface area (Å²) in [5.74, 6) is 0.739. The molecule has 0 bridgehead atoms. The molecule has 0 aromatic carbocycles. The van der Waals surface area contributed by atoms with Gasteiger partial charge in [-0.15, -0.1) is 0 Å². The van der Waals surface area contributed by atoms with Crippen LogP contribution in [-0.4, -0.2) is 42.1 Å². The Morgan fingerprint density at radius 2 is 2.00 bits per heavy atom. The van der Waals surface area contributed by atoms with Crippen molar-refractivity contribution >= 4 is 10.0 Å². The molecular weight excluding hydrogens is 312 g/mol. The molecule has 128 valence electrons. The first-order valence-electron chi connectivity index (χ1n) is 8.48. The predicted molar refractivity (Wildman–Crippen MR) is 89.4 cm³/mol. The fraction of sp³-hybridized carbons (Fsp3) is 0.750. The number of likely N-dealkylation sites (tertiary alicyclic amines) is 1. The van der Waals surface area contributed by atoms with Crippen LogP contribution in [-0.2, 0) is 16.6 Å². The van der Waals surface area contributed by atoms with Gasteiger partial charge in [0.05, 0.1) is 17.0 Å². The van der Waals surface area contributed by atoms with E-state index in [1.165, 1.54) is 0 Å². The Bertz CT molecular complexity index is 656. The molecule has 0 radical (unpaired) electrons. The molecule has 1 saturated carbocycles. The number of hydrogen-bond donors (Lipinski definition) is 1. The van der Waals surface area contributed by atoms with Gasteiger partial charge in [-0.1, -0.05) is 12.8 Å². The fourth-order valence-corrected chi connectivity index (χ4v) is 5.23. The lowest BCUT2D eigenvalue weighted by atomic mass is 10.1. The van der Waals surface area contributed by atoms with Gasteiger partial charge in [0, 0.05) is 18.3 Å². The van der Waals surface area contributed by atoms with Crippen molar-refractivity contribution in [2.75, 3.05) is 13.6 Å². The highest BCUT2D eigenvalue weighted by molar-refractivity contribution is 7.90. The summed E-state index contributed by atoms with van der Waals surface area (Å²) in [6.45, 7) is 3.23. The standard InChI is InChI=1S/C16H26N4O2S/c1-12-17-10-13(16(19-12)15-8-5-9-20(15)2)11-18-23(21,22)14-6-3-4-7-14/h10,14-15,18H,3-9,11H2,1-2H3/t15-/m1/s1. The number of sulfonamides is 1. The maximum absolute atomic E-state index is 12.4. The summed E-state index contributed by atoms with van der Waals surface area (Å²) in [5.41, 5.74) is 1.88. The van der Waals surface area contributed by atoms with E-state index in [9.17, 15) is 8.42 Å². The van der Waals surface area contributed by atoms with Crippen molar-refractivity contribution in [2.45, 2.75) is 63.3 Å². The fourth-order valence-electron chi connectivity index (χ4n) is 3.69. The Kier molecular flexibility index (Phi) is 4.98. The first-order valence-corrected chi connectivity index (χ1v) is 10.0. The molecule has 23 heavy (non-hydrogen) atoms. The highest BCUT2D eigenvalue weighted by Crippen LogP contribution is 2.31. The van der Waals surface area contributed by atoms with Gasteiger partial charge in [-0.05, 0) is 46.2 Å². The third kappa shape index (κ3) is 3.72. The minimum atomic E-state index is -3.24. The van der Waals surface area contributed by atoms with Gasteiger partial charge in [0.25, 0.3) is 0 Å². The Morgan fingerprint density at radius 1 is 1.26 bits per heavy atom. The first-order chi connectivity index (χ1) is 11.0. The van der Waals surface area contributed by atoms with Crippen LogP contribution in [0.15, 0.2) is 6.20 Å². The lowest BCUT2D eigenvalue weighted by Crippen LogP contribution is -2.33. The molecule has 1 N–H and O–H groups in total. The summed E-state index contributed by atoms with van der Waals surface area (Å²) in [6, 6.07) is 0.266. The van der Waals surface area contributed by atoms with Crippen LogP contribution >= 0.6 is 0 Å². The molecule has 0 unspecified atom stereocenters. The molecule has 1 aliphatic carbocycles. The Morgan fingerprint density at radius 3 is 2.65 bits per heavy atom. The minimum absolute atomic E-state index is 0.230. The second-order valence-electron chi connectivity index (χ2n) is 6.74. The van der Waals surface area contributed by atoms with Gasteiger partial charge in [-0.25, -0.2) is 23.1 Å². The van der Waals surface area contributed by atoms with Gasteiger partial charge in [0.15, 0.2) is 0 Å². The van der Waals surface area contributed by atoms with E-state index in [0.717, 1.165) is 62.2 Å². The van der Waals surface area contributed by atoms with Crippen molar-refractivity contribution in [1.82, 2.24) is 19.6 Å². The normalized spacial score (nSPS) is 23.7. The summed E-state index contributed by atoms with van der Waals surface area (Å²) in [6.07, 6.45) is 7.57. The first kappa shape index (κ1) is 16.8. The van der Waals surface area contributed by atoms with Crippen molar-refractivity contribution in [1.29, 1.82) is 0 Å². The maximum Gasteiger partial charge on any atom is 0.214 e. The van der Waals surface area contributed by atoms with E-state index in [4.69, 9.17) is 0 Å². The Balaban J connectivity index is 1.77. The van der Waals surface area contributed by atoms with Crippen LogP contribution in [0.4, 0.5) is 0 Å². The van der Waals surface area contributed by atoms with Crippen molar-refractivity contribution in [3.8, 4) is 0 Å². The highest BCUT2D eigenvalue weighted by atomic mass is 32.2. The van der Waals surface area contributed by atoms with Gasteiger partial charge in [-0.2, -0.15) is 0 Å². The van der Waals surface area contributed by atoms with E-state index >= 15 is 0 Å². The molecule has 3 rings (SSSR count). The second kappa shape index (κ2) is 6.83. The zero-order chi connectivity index (χ0) is 16.4. The number of nitrogens with zero attached hydrogens (tertiary/aromatic N) is 3. The van der Waals surface area contributed by atoms with Gasteiger partial charge >= 0.3 is 0 Å². The summed E-state index contributed by atoms with van der Waals surface area (Å²) >= 11 is 0. The monoisotopic (exact) mass is 338 g/mol. The van der Waals surface area contributed by atoms with E-state index in [2.05, 4.69) is 26.6 Å². The Hall–Kier alpha value is -1.05. The van der Waals surface area contributed by atoms with E-state index < -0.39 is 10.0 Å². The summed E-state index contributed by atoms with van der Waals surface area (Å²) in [5, 5.41) is -0.230. The number of aromatic nitrogens is 2. The van der Waals surface area contributed by atoms with E-state index in [0.29, 0.717) is 6.54 Å². The SMILES string of the molecule is Cc1ncc(CNS(=O)(=O)C2CCCC2)c([C@H]2CCCN2C)n1. The van der Waals surface area contributed by atoms with Crippen LogP contribution in [0, 0.1) is 6.92 Å². The van der Waals surface area contributed by atoms with Crippen LogP contribution in [0.5, 0.6) is 0 Å². The quantitative estimate of drug-likeness (QED) is 0.888. The molecule has 0 spiro atoms. The van der Waals surface area contributed by atoms with E-state index in [-0.39, 0.29) is 11.3 Å². The molecule has 2 fully saturated rings. The van der Waals surface area contributed by atoms with Crippen LogP contribution in [0.2, 0.25) is 0 Å². The van der Waals surface area contributed by atoms with Crippen LogP contribution < -0.4 is 4.72 Å². The summed E-state index contributed by atoms with van der Waals surface area (Å²) in [4.78, 5) is 11.2. The van der Waals surface area contributed by atoms with Crippen LogP contribution in [0.3, 0.4) is 0 Å².